The van der Waals surface area contributed by atoms with Gasteiger partial charge in [-0.05, 0) is 32.4 Å². The molecule has 1 unspecified atom stereocenters. The molecule has 1 atom stereocenters. The number of hydrogen-bond acceptors (Lipinski definition) is 2. The molecule has 3 N–H and O–H groups in total. The fourth-order valence-corrected chi connectivity index (χ4v) is 1.66. The van der Waals surface area contributed by atoms with Gasteiger partial charge >= 0.3 is 0 Å². The molecule has 0 saturated carbocycles. The van der Waals surface area contributed by atoms with E-state index in [1.807, 2.05) is 0 Å². The summed E-state index contributed by atoms with van der Waals surface area (Å²) in [5.41, 5.74) is 5.21. The lowest BCUT2D eigenvalue weighted by molar-refractivity contribution is 0.0998. The maximum atomic E-state index is 12.1. The van der Waals surface area contributed by atoms with Crippen molar-refractivity contribution in [3.05, 3.63) is 0 Å². The van der Waals surface area contributed by atoms with Gasteiger partial charge in [-0.1, -0.05) is 0 Å². The van der Waals surface area contributed by atoms with Crippen LogP contribution in [0.25, 0.3) is 0 Å². The summed E-state index contributed by atoms with van der Waals surface area (Å²) < 4.78 is 24.2. The van der Waals surface area contributed by atoms with Crippen molar-refractivity contribution in [2.45, 2.75) is 37.6 Å². The van der Waals surface area contributed by atoms with Crippen LogP contribution in [0.1, 0.15) is 25.7 Å². The molecule has 0 bridgehead atoms. The van der Waals surface area contributed by atoms with Gasteiger partial charge in [0.1, 0.15) is 0 Å². The summed E-state index contributed by atoms with van der Waals surface area (Å²) in [6, 6.07) is 0. The second-order valence-corrected chi connectivity index (χ2v) is 3.56. The first kappa shape index (κ1) is 16.8. The average molecular weight is 251 g/mol. The van der Waals surface area contributed by atoms with Crippen LogP contribution in [0.15, 0.2) is 0 Å². The summed E-state index contributed by atoms with van der Waals surface area (Å²) in [5, 5.41) is 3.15. The lowest BCUT2D eigenvalue weighted by Gasteiger charge is -2.27. The molecule has 0 aromatic carbocycles. The first-order valence-corrected chi connectivity index (χ1v) is 4.40. The van der Waals surface area contributed by atoms with Crippen LogP contribution in [0.4, 0.5) is 8.78 Å². The average Bonchev–Trinajstić information content (AvgIpc) is 2.12. The van der Waals surface area contributed by atoms with E-state index in [4.69, 9.17) is 5.73 Å². The first-order valence-electron chi connectivity index (χ1n) is 4.40. The van der Waals surface area contributed by atoms with Crippen molar-refractivity contribution in [2.24, 2.45) is 5.73 Å². The summed E-state index contributed by atoms with van der Waals surface area (Å²) in [7, 11) is 0. The molecule has 0 aliphatic carbocycles. The second kappa shape index (κ2) is 7.63. The summed E-state index contributed by atoms with van der Waals surface area (Å²) in [6.45, 7) is 1.67. The van der Waals surface area contributed by atoms with Crippen LogP contribution in [-0.4, -0.2) is 25.1 Å². The summed E-state index contributed by atoms with van der Waals surface area (Å²) >= 11 is 0. The van der Waals surface area contributed by atoms with E-state index in [0.29, 0.717) is 12.8 Å². The molecule has 88 valence electrons. The lowest BCUT2D eigenvalue weighted by atomic mass is 9.88. The van der Waals surface area contributed by atoms with Crippen molar-refractivity contribution >= 4 is 24.8 Å². The molecule has 0 aromatic rings. The highest BCUT2D eigenvalue weighted by atomic mass is 35.5. The molecule has 1 saturated heterocycles. The largest absolute Gasteiger partial charge is 0.325 e. The molecule has 0 amide bonds. The van der Waals surface area contributed by atoms with Crippen LogP contribution < -0.4 is 11.1 Å². The van der Waals surface area contributed by atoms with Gasteiger partial charge in [-0.15, -0.1) is 24.8 Å². The van der Waals surface area contributed by atoms with Crippen LogP contribution in [0.5, 0.6) is 0 Å². The number of hydrogen-bond donors (Lipinski definition) is 2. The minimum absolute atomic E-state index is 0. The SMILES string of the molecule is Cl.Cl.NC1(CC(F)F)CCCNCC1. The van der Waals surface area contributed by atoms with Gasteiger partial charge in [0.25, 0.3) is 0 Å². The highest BCUT2D eigenvalue weighted by Crippen LogP contribution is 2.23. The molecule has 6 heteroatoms. The quantitative estimate of drug-likeness (QED) is 0.787. The molecule has 1 heterocycles. The van der Waals surface area contributed by atoms with E-state index in [2.05, 4.69) is 5.32 Å². The van der Waals surface area contributed by atoms with Crippen molar-refractivity contribution < 1.29 is 8.78 Å². The Morgan fingerprint density at radius 3 is 2.43 bits per heavy atom. The topological polar surface area (TPSA) is 38.0 Å². The van der Waals surface area contributed by atoms with Crippen molar-refractivity contribution in [1.29, 1.82) is 0 Å². The van der Waals surface area contributed by atoms with Gasteiger partial charge in [0, 0.05) is 12.0 Å². The first-order chi connectivity index (χ1) is 5.62. The minimum Gasteiger partial charge on any atom is -0.325 e. The van der Waals surface area contributed by atoms with Crippen LogP contribution in [0, 0.1) is 0 Å². The minimum atomic E-state index is -2.27. The van der Waals surface area contributed by atoms with Crippen molar-refractivity contribution in [3.8, 4) is 0 Å². The van der Waals surface area contributed by atoms with Crippen LogP contribution in [-0.2, 0) is 0 Å². The van der Waals surface area contributed by atoms with Crippen LogP contribution in [0.2, 0.25) is 0 Å². The summed E-state index contributed by atoms with van der Waals surface area (Å²) in [6.07, 6.45) is -0.146. The van der Waals surface area contributed by atoms with E-state index >= 15 is 0 Å². The van der Waals surface area contributed by atoms with Crippen molar-refractivity contribution in [1.82, 2.24) is 5.32 Å². The predicted octanol–water partition coefficient (Wildman–Crippen LogP) is 1.96. The zero-order chi connectivity index (χ0) is 9.03. The number of rotatable bonds is 2. The van der Waals surface area contributed by atoms with E-state index in [1.54, 1.807) is 0 Å². The van der Waals surface area contributed by atoms with E-state index in [9.17, 15) is 8.78 Å². The monoisotopic (exact) mass is 250 g/mol. The lowest BCUT2D eigenvalue weighted by Crippen LogP contribution is -2.42. The number of halogens is 4. The van der Waals surface area contributed by atoms with Crippen LogP contribution in [0.3, 0.4) is 0 Å². The molecule has 1 fully saturated rings. The van der Waals surface area contributed by atoms with Crippen molar-refractivity contribution in [2.75, 3.05) is 13.1 Å². The van der Waals surface area contributed by atoms with Gasteiger partial charge < -0.3 is 11.1 Å². The van der Waals surface area contributed by atoms with Gasteiger partial charge in [-0.2, -0.15) is 0 Å². The smallest absolute Gasteiger partial charge is 0.240 e. The predicted molar refractivity (Wildman–Crippen MR) is 58.8 cm³/mol. The Bertz CT molecular complexity index is 139. The highest BCUT2D eigenvalue weighted by molar-refractivity contribution is 5.85. The summed E-state index contributed by atoms with van der Waals surface area (Å²) in [4.78, 5) is 0. The molecule has 0 spiro atoms. The van der Waals surface area contributed by atoms with Gasteiger partial charge in [-0.25, -0.2) is 8.78 Å². The standard InChI is InChI=1S/C8H16F2N2.2ClH/c9-7(10)6-8(11)2-1-4-12-5-3-8;;/h7,12H,1-6,11H2;2*1H. The zero-order valence-electron chi connectivity index (χ0n) is 7.97. The van der Waals surface area contributed by atoms with Gasteiger partial charge in [0.2, 0.25) is 6.43 Å². The number of nitrogens with one attached hydrogen (secondary N) is 1. The Balaban J connectivity index is 0. The molecule has 1 aliphatic heterocycles. The van der Waals surface area contributed by atoms with E-state index in [0.717, 1.165) is 19.5 Å². The van der Waals surface area contributed by atoms with Gasteiger partial charge in [0.05, 0.1) is 0 Å². The molecular weight excluding hydrogens is 233 g/mol. The Kier molecular flexibility index (Phi) is 9.14. The Morgan fingerprint density at radius 1 is 1.21 bits per heavy atom. The maximum absolute atomic E-state index is 12.1. The van der Waals surface area contributed by atoms with E-state index in [1.165, 1.54) is 0 Å². The third-order valence-corrected chi connectivity index (χ3v) is 2.39. The Morgan fingerprint density at radius 2 is 1.86 bits per heavy atom. The van der Waals surface area contributed by atoms with Crippen molar-refractivity contribution in [3.63, 3.8) is 0 Å². The zero-order valence-corrected chi connectivity index (χ0v) is 9.60. The third kappa shape index (κ3) is 5.96. The summed E-state index contributed by atoms with van der Waals surface area (Å²) in [5.74, 6) is 0. The number of alkyl halides is 2. The second-order valence-electron chi connectivity index (χ2n) is 3.56. The fourth-order valence-electron chi connectivity index (χ4n) is 1.66. The normalized spacial score (nSPS) is 27.4. The van der Waals surface area contributed by atoms with Crippen LogP contribution >= 0.6 is 24.8 Å². The maximum Gasteiger partial charge on any atom is 0.240 e. The molecule has 0 aromatic heterocycles. The third-order valence-electron chi connectivity index (χ3n) is 2.39. The molecule has 1 rings (SSSR count). The Hall–Kier alpha value is 0.360. The molecule has 14 heavy (non-hydrogen) atoms. The van der Waals surface area contributed by atoms with E-state index in [-0.39, 0.29) is 31.2 Å². The van der Waals surface area contributed by atoms with Gasteiger partial charge in [0.15, 0.2) is 0 Å². The highest BCUT2D eigenvalue weighted by Gasteiger charge is 2.29. The molecule has 1 aliphatic rings. The fraction of sp³-hybridized carbons (Fsp3) is 1.00. The molecular formula is C8H18Cl2F2N2. The molecule has 0 radical (unpaired) electrons. The molecule has 2 nitrogen and oxygen atoms in total. The number of nitrogens with two attached hydrogens (primary N) is 1. The Labute approximate surface area is 95.8 Å². The van der Waals surface area contributed by atoms with Gasteiger partial charge in [-0.3, -0.25) is 0 Å². The van der Waals surface area contributed by atoms with E-state index < -0.39 is 12.0 Å².